The van der Waals surface area contributed by atoms with E-state index in [-0.39, 0.29) is 0 Å². The molecule has 2 aromatic heterocycles. The van der Waals surface area contributed by atoms with Crippen LogP contribution in [0.25, 0.3) is 21.8 Å². The van der Waals surface area contributed by atoms with E-state index in [0.717, 1.165) is 50.5 Å². The summed E-state index contributed by atoms with van der Waals surface area (Å²) in [5.41, 5.74) is 3.74. The largest absolute Gasteiger partial charge is 0.478 e. The number of hydrogen-bond acceptors (Lipinski definition) is 7. The van der Waals surface area contributed by atoms with E-state index in [1.165, 1.54) is 21.9 Å². The Hall–Kier alpha value is -5.49. The van der Waals surface area contributed by atoms with E-state index in [9.17, 15) is 19.2 Å². The normalized spacial score (nSPS) is 13.3. The number of nitrogens with one attached hydrogen (secondary N) is 1. The minimum atomic E-state index is -1.26. The molecule has 0 atom stereocenters. The first kappa shape index (κ1) is 32.0. The number of nitrogens with zero attached hydrogens (tertiary/aromatic N) is 3. The molecule has 43 heavy (non-hydrogen) atoms. The predicted octanol–water partition coefficient (Wildman–Crippen LogP) is 3.50. The van der Waals surface area contributed by atoms with Crippen LogP contribution < -0.4 is 4.90 Å². The average molecular weight is 589 g/mol. The van der Waals surface area contributed by atoms with Gasteiger partial charge in [-0.25, -0.2) is 24.2 Å². The fourth-order valence-electron chi connectivity index (χ4n) is 4.33. The molecule has 0 radical (unpaired) electrons. The molecule has 0 spiro atoms. The maximum absolute atomic E-state index is 9.55. The summed E-state index contributed by atoms with van der Waals surface area (Å²) in [6, 6.07) is 21.2. The van der Waals surface area contributed by atoms with E-state index >= 15 is 0 Å². The van der Waals surface area contributed by atoms with E-state index in [0.29, 0.717) is 24.3 Å². The Kier molecular flexibility index (Phi) is 12.0. The second-order valence-corrected chi connectivity index (χ2v) is 9.32. The van der Waals surface area contributed by atoms with E-state index in [2.05, 4.69) is 81.6 Å². The lowest BCUT2D eigenvalue weighted by atomic mass is 10.1. The van der Waals surface area contributed by atoms with Crippen LogP contribution in [0.3, 0.4) is 0 Å². The van der Waals surface area contributed by atoms with Crippen molar-refractivity contribution < 1.29 is 39.6 Å². The Bertz CT molecular complexity index is 1550. The number of aromatic amines is 1. The molecule has 5 N–H and O–H groups in total. The van der Waals surface area contributed by atoms with Gasteiger partial charge >= 0.3 is 23.9 Å². The van der Waals surface area contributed by atoms with Crippen LogP contribution in [-0.4, -0.2) is 91.9 Å². The second-order valence-electron chi connectivity index (χ2n) is 9.32. The van der Waals surface area contributed by atoms with Crippen molar-refractivity contribution in [2.24, 2.45) is 0 Å². The van der Waals surface area contributed by atoms with Crippen molar-refractivity contribution in [3.05, 3.63) is 96.7 Å². The molecule has 0 unspecified atom stereocenters. The zero-order chi connectivity index (χ0) is 31.2. The highest BCUT2D eigenvalue weighted by Gasteiger charge is 2.18. The number of fused-ring (bicyclic) bond motifs is 2. The van der Waals surface area contributed by atoms with Gasteiger partial charge in [0.05, 0.1) is 5.52 Å². The van der Waals surface area contributed by atoms with E-state index in [4.69, 9.17) is 25.4 Å². The van der Waals surface area contributed by atoms with Gasteiger partial charge in [-0.15, -0.1) is 0 Å². The van der Waals surface area contributed by atoms with Crippen LogP contribution >= 0.6 is 0 Å². The average Bonchev–Trinajstić information content (AvgIpc) is 3.42. The van der Waals surface area contributed by atoms with Gasteiger partial charge in [0.1, 0.15) is 5.82 Å². The number of H-pyrrole nitrogens is 1. The van der Waals surface area contributed by atoms with Gasteiger partial charge in [-0.1, -0.05) is 36.4 Å². The molecule has 0 aliphatic carbocycles. The molecule has 5 rings (SSSR count). The molecule has 224 valence electrons. The lowest BCUT2D eigenvalue weighted by Gasteiger charge is -2.35. The van der Waals surface area contributed by atoms with Crippen molar-refractivity contribution in [3.63, 3.8) is 0 Å². The first-order chi connectivity index (χ1) is 20.6. The first-order valence-corrected chi connectivity index (χ1v) is 13.3. The molecule has 0 bridgehead atoms. The van der Waals surface area contributed by atoms with Gasteiger partial charge in [-0.05, 0) is 36.2 Å². The van der Waals surface area contributed by atoms with E-state index < -0.39 is 23.9 Å². The third-order valence-electron chi connectivity index (χ3n) is 6.39. The third-order valence-corrected chi connectivity index (χ3v) is 6.39. The van der Waals surface area contributed by atoms with Crippen LogP contribution in [0.1, 0.15) is 5.56 Å². The molecule has 1 saturated heterocycles. The van der Waals surface area contributed by atoms with Crippen LogP contribution in [-0.2, 0) is 25.6 Å². The number of carboxylic acids is 4. The standard InChI is InChI=1S/C23H24N4.2C4H4O4/c1-3-7-21-18(5-1)9-10-23(25-21)27-15-13-26(14-16-27)12-11-19-17-24-22-8-4-2-6-20(19)22;2*5-3(6)1-2-4(7)8/h1-10,17,24H,11-16H2;2*1-2H,(H,5,6)(H,7,8). The molecule has 1 fully saturated rings. The molecule has 1 aliphatic heterocycles. The summed E-state index contributed by atoms with van der Waals surface area (Å²) < 4.78 is 0. The molecule has 1 aliphatic rings. The van der Waals surface area contributed by atoms with Gasteiger partial charge in [0.25, 0.3) is 0 Å². The molecule has 2 aromatic carbocycles. The second kappa shape index (κ2) is 16.1. The number of anilines is 1. The summed E-state index contributed by atoms with van der Waals surface area (Å²) in [5, 5.41) is 33.8. The molecule has 12 nitrogen and oxygen atoms in total. The Morgan fingerprint density at radius 1 is 0.721 bits per heavy atom. The number of aliphatic carboxylic acids is 4. The summed E-state index contributed by atoms with van der Waals surface area (Å²) in [6.45, 7) is 5.38. The first-order valence-electron chi connectivity index (χ1n) is 13.3. The van der Waals surface area contributed by atoms with Crippen molar-refractivity contribution in [3.8, 4) is 0 Å². The maximum Gasteiger partial charge on any atom is 0.328 e. The monoisotopic (exact) mass is 588 g/mol. The van der Waals surface area contributed by atoms with Crippen molar-refractivity contribution in [2.75, 3.05) is 37.6 Å². The summed E-state index contributed by atoms with van der Waals surface area (Å²) in [4.78, 5) is 51.4. The maximum atomic E-state index is 9.55. The molecule has 0 amide bonds. The SMILES string of the molecule is O=C(O)C=CC(=O)O.O=C(O)C=CC(=O)O.c1ccc2nc(N3CCN(CCc4c[nH]c5ccccc45)CC3)ccc2c1. The number of pyridine rings is 1. The van der Waals surface area contributed by atoms with E-state index in [1.54, 1.807) is 0 Å². The summed E-state index contributed by atoms with van der Waals surface area (Å²) >= 11 is 0. The minimum Gasteiger partial charge on any atom is -0.478 e. The predicted molar refractivity (Wildman–Crippen MR) is 161 cm³/mol. The van der Waals surface area contributed by atoms with Crippen molar-refractivity contribution >= 4 is 51.5 Å². The molecule has 3 heterocycles. The van der Waals surface area contributed by atoms with Crippen LogP contribution in [0.15, 0.2) is 91.2 Å². The molecule has 4 aromatic rings. The van der Waals surface area contributed by atoms with Crippen LogP contribution in [0, 0.1) is 0 Å². The molecule has 0 saturated carbocycles. The van der Waals surface area contributed by atoms with Crippen LogP contribution in [0.4, 0.5) is 5.82 Å². The van der Waals surface area contributed by atoms with Crippen LogP contribution in [0.5, 0.6) is 0 Å². The van der Waals surface area contributed by atoms with Gasteiger partial charge in [0, 0.05) is 79.5 Å². The van der Waals surface area contributed by atoms with Gasteiger partial charge < -0.3 is 30.3 Å². The quantitative estimate of drug-likeness (QED) is 0.190. The van der Waals surface area contributed by atoms with Crippen molar-refractivity contribution in [2.45, 2.75) is 6.42 Å². The van der Waals surface area contributed by atoms with Gasteiger partial charge in [0.15, 0.2) is 0 Å². The fraction of sp³-hybridized carbons (Fsp3) is 0.194. The number of carboxylic acid groups (broad SMARTS) is 4. The number of rotatable bonds is 8. The van der Waals surface area contributed by atoms with Crippen molar-refractivity contribution in [1.82, 2.24) is 14.9 Å². The summed E-state index contributed by atoms with van der Waals surface area (Å²) in [7, 11) is 0. The Balaban J connectivity index is 0.000000263. The fourth-order valence-corrected chi connectivity index (χ4v) is 4.33. The Morgan fingerprint density at radius 3 is 1.88 bits per heavy atom. The Morgan fingerprint density at radius 2 is 1.28 bits per heavy atom. The smallest absolute Gasteiger partial charge is 0.328 e. The van der Waals surface area contributed by atoms with Crippen molar-refractivity contribution in [1.29, 1.82) is 0 Å². The molecular weight excluding hydrogens is 556 g/mol. The van der Waals surface area contributed by atoms with E-state index in [1.807, 2.05) is 0 Å². The topological polar surface area (TPSA) is 184 Å². The number of hydrogen-bond donors (Lipinski definition) is 5. The van der Waals surface area contributed by atoms with Gasteiger partial charge in [0.2, 0.25) is 0 Å². The highest BCUT2D eigenvalue weighted by atomic mass is 16.4. The highest BCUT2D eigenvalue weighted by molar-refractivity contribution is 5.90. The molecule has 12 heteroatoms. The van der Waals surface area contributed by atoms with Gasteiger partial charge in [-0.3, -0.25) is 4.90 Å². The van der Waals surface area contributed by atoms with Gasteiger partial charge in [-0.2, -0.15) is 0 Å². The zero-order valence-corrected chi connectivity index (χ0v) is 23.2. The summed E-state index contributed by atoms with van der Waals surface area (Å²) in [6.07, 6.45) is 5.49. The number of benzene rings is 2. The number of para-hydroxylation sites is 2. The number of piperazine rings is 1. The number of carbonyl (C=O) groups is 4. The zero-order valence-electron chi connectivity index (χ0n) is 23.2. The minimum absolute atomic E-state index is 0.558. The summed E-state index contributed by atoms with van der Waals surface area (Å²) in [5.74, 6) is -3.93. The molecular formula is C31H32N4O8. The lowest BCUT2D eigenvalue weighted by Crippen LogP contribution is -2.47. The third kappa shape index (κ3) is 10.8. The lowest BCUT2D eigenvalue weighted by molar-refractivity contribution is -0.134. The van der Waals surface area contributed by atoms with Crippen LogP contribution in [0.2, 0.25) is 0 Å². The Labute approximate surface area is 246 Å². The number of aromatic nitrogens is 2. The highest BCUT2D eigenvalue weighted by Crippen LogP contribution is 2.21.